The van der Waals surface area contributed by atoms with Crippen molar-refractivity contribution in [2.75, 3.05) is 21.3 Å². The average molecular weight is 313 g/mol. The van der Waals surface area contributed by atoms with E-state index in [0.717, 1.165) is 7.11 Å². The van der Waals surface area contributed by atoms with Gasteiger partial charge in [0.25, 0.3) is 5.69 Å². The fourth-order valence-corrected chi connectivity index (χ4v) is 1.60. The van der Waals surface area contributed by atoms with Crippen molar-refractivity contribution in [1.82, 2.24) is 0 Å². The average Bonchev–Trinajstić information content (AvgIpc) is 2.51. The van der Waals surface area contributed by atoms with E-state index in [1.807, 2.05) is 0 Å². The standard InChI is InChI=1S/C13H15NO8/c1-19-10-4-8(7-22-13(16)6-12(15)21-3)9(14(17)18)5-11(10)20-2/h4-5H,6-7H2,1-3H3. The Morgan fingerprint density at radius 1 is 1.09 bits per heavy atom. The molecular formula is C13H15NO8. The largest absolute Gasteiger partial charge is 0.493 e. The van der Waals surface area contributed by atoms with E-state index in [4.69, 9.17) is 14.2 Å². The molecule has 120 valence electrons. The summed E-state index contributed by atoms with van der Waals surface area (Å²) in [4.78, 5) is 32.7. The van der Waals surface area contributed by atoms with E-state index in [1.54, 1.807) is 0 Å². The van der Waals surface area contributed by atoms with E-state index in [0.29, 0.717) is 0 Å². The van der Waals surface area contributed by atoms with Crippen LogP contribution in [0.15, 0.2) is 12.1 Å². The zero-order valence-corrected chi connectivity index (χ0v) is 12.3. The number of rotatable bonds is 7. The summed E-state index contributed by atoms with van der Waals surface area (Å²) in [6.45, 7) is -0.382. The van der Waals surface area contributed by atoms with Gasteiger partial charge in [-0.25, -0.2) is 0 Å². The monoisotopic (exact) mass is 313 g/mol. The molecule has 0 unspecified atom stereocenters. The molecule has 9 heteroatoms. The van der Waals surface area contributed by atoms with E-state index in [9.17, 15) is 19.7 Å². The molecule has 0 saturated heterocycles. The molecule has 0 aliphatic rings. The van der Waals surface area contributed by atoms with Crippen LogP contribution < -0.4 is 9.47 Å². The van der Waals surface area contributed by atoms with Crippen LogP contribution in [0.25, 0.3) is 0 Å². The maximum absolute atomic E-state index is 11.4. The number of benzene rings is 1. The highest BCUT2D eigenvalue weighted by atomic mass is 16.6. The maximum Gasteiger partial charge on any atom is 0.317 e. The van der Waals surface area contributed by atoms with E-state index in [1.165, 1.54) is 26.4 Å². The van der Waals surface area contributed by atoms with Gasteiger partial charge in [-0.05, 0) is 6.07 Å². The lowest BCUT2D eigenvalue weighted by Crippen LogP contribution is -2.12. The van der Waals surface area contributed by atoms with E-state index in [2.05, 4.69) is 4.74 Å². The van der Waals surface area contributed by atoms with Crippen LogP contribution in [0.5, 0.6) is 11.5 Å². The highest BCUT2D eigenvalue weighted by Crippen LogP contribution is 2.34. The number of ether oxygens (including phenoxy) is 4. The summed E-state index contributed by atoms with van der Waals surface area (Å²) >= 11 is 0. The molecule has 22 heavy (non-hydrogen) atoms. The summed E-state index contributed by atoms with van der Waals surface area (Å²) in [5.74, 6) is -1.17. The molecule has 9 nitrogen and oxygen atoms in total. The molecule has 0 radical (unpaired) electrons. The van der Waals surface area contributed by atoms with E-state index < -0.39 is 23.3 Å². The quantitative estimate of drug-likeness (QED) is 0.319. The molecule has 1 aromatic rings. The molecule has 0 amide bonds. The second-order valence-electron chi connectivity index (χ2n) is 4.01. The molecule has 0 N–H and O–H groups in total. The van der Waals surface area contributed by atoms with Crippen molar-refractivity contribution in [3.63, 3.8) is 0 Å². The predicted molar refractivity (Wildman–Crippen MR) is 72.6 cm³/mol. The van der Waals surface area contributed by atoms with Crippen molar-refractivity contribution >= 4 is 17.6 Å². The minimum atomic E-state index is -0.851. The molecule has 0 aromatic heterocycles. The smallest absolute Gasteiger partial charge is 0.317 e. The number of hydrogen-bond acceptors (Lipinski definition) is 8. The van der Waals surface area contributed by atoms with Gasteiger partial charge in [0.15, 0.2) is 11.5 Å². The van der Waals surface area contributed by atoms with Crippen LogP contribution in [0.4, 0.5) is 5.69 Å². The first-order valence-corrected chi connectivity index (χ1v) is 6.04. The Morgan fingerprint density at radius 2 is 1.68 bits per heavy atom. The Hall–Kier alpha value is -2.84. The summed E-state index contributed by atoms with van der Waals surface area (Å²) in [6.07, 6.45) is -0.572. The van der Waals surface area contributed by atoms with E-state index >= 15 is 0 Å². The molecule has 0 saturated carbocycles. The molecule has 1 rings (SSSR count). The second-order valence-corrected chi connectivity index (χ2v) is 4.01. The molecular weight excluding hydrogens is 298 g/mol. The highest BCUT2D eigenvalue weighted by Gasteiger charge is 2.21. The van der Waals surface area contributed by atoms with Crippen molar-refractivity contribution in [2.24, 2.45) is 0 Å². The summed E-state index contributed by atoms with van der Waals surface area (Å²) in [6, 6.07) is 2.50. The fourth-order valence-electron chi connectivity index (χ4n) is 1.60. The van der Waals surface area contributed by atoms with Crippen LogP contribution in [0, 0.1) is 10.1 Å². The highest BCUT2D eigenvalue weighted by molar-refractivity contribution is 5.91. The Kier molecular flexibility index (Phi) is 6.11. The van der Waals surface area contributed by atoms with Crippen molar-refractivity contribution in [3.8, 4) is 11.5 Å². The lowest BCUT2D eigenvalue weighted by molar-refractivity contribution is -0.385. The van der Waals surface area contributed by atoms with Gasteiger partial charge in [0.05, 0.1) is 37.9 Å². The van der Waals surface area contributed by atoms with Crippen LogP contribution in [0.3, 0.4) is 0 Å². The van der Waals surface area contributed by atoms with Crippen LogP contribution in [-0.4, -0.2) is 38.2 Å². The van der Waals surface area contributed by atoms with Crippen LogP contribution in [-0.2, 0) is 25.7 Å². The van der Waals surface area contributed by atoms with Crippen molar-refractivity contribution in [1.29, 1.82) is 0 Å². The lowest BCUT2D eigenvalue weighted by atomic mass is 10.1. The zero-order valence-electron chi connectivity index (χ0n) is 12.3. The van der Waals surface area contributed by atoms with Gasteiger partial charge in [0.1, 0.15) is 13.0 Å². The maximum atomic E-state index is 11.4. The fraction of sp³-hybridized carbons (Fsp3) is 0.385. The first kappa shape index (κ1) is 17.2. The molecule has 0 fully saturated rings. The Morgan fingerprint density at radius 3 is 2.18 bits per heavy atom. The summed E-state index contributed by atoms with van der Waals surface area (Å²) in [7, 11) is 3.85. The Bertz CT molecular complexity index is 584. The van der Waals surface area contributed by atoms with Gasteiger partial charge in [0, 0.05) is 0 Å². The van der Waals surface area contributed by atoms with Gasteiger partial charge in [-0.2, -0.15) is 0 Å². The van der Waals surface area contributed by atoms with Gasteiger partial charge in [-0.3, -0.25) is 19.7 Å². The molecule has 0 aliphatic heterocycles. The number of nitrogens with zero attached hydrogens (tertiary/aromatic N) is 1. The molecule has 0 heterocycles. The van der Waals surface area contributed by atoms with Gasteiger partial charge < -0.3 is 18.9 Å². The van der Waals surface area contributed by atoms with Crippen molar-refractivity contribution < 1.29 is 33.5 Å². The lowest BCUT2D eigenvalue weighted by Gasteiger charge is -2.10. The van der Waals surface area contributed by atoms with Gasteiger partial charge in [-0.15, -0.1) is 0 Å². The SMILES string of the molecule is COC(=O)CC(=O)OCc1cc(OC)c(OC)cc1[N+](=O)[O-]. The normalized spacial score (nSPS) is 9.77. The third-order valence-electron chi connectivity index (χ3n) is 2.69. The molecule has 1 aromatic carbocycles. The van der Waals surface area contributed by atoms with Crippen LogP contribution in [0.1, 0.15) is 12.0 Å². The summed E-state index contributed by atoms with van der Waals surface area (Å²) < 4.78 is 19.2. The number of esters is 2. The number of carbonyl (C=O) groups excluding carboxylic acids is 2. The third-order valence-corrected chi connectivity index (χ3v) is 2.69. The number of nitro groups is 1. The summed E-state index contributed by atoms with van der Waals surface area (Å²) in [5.41, 5.74) is -0.176. The number of methoxy groups -OCH3 is 3. The van der Waals surface area contributed by atoms with Gasteiger partial charge in [0.2, 0.25) is 0 Å². The van der Waals surface area contributed by atoms with Gasteiger partial charge >= 0.3 is 11.9 Å². The van der Waals surface area contributed by atoms with Gasteiger partial charge in [-0.1, -0.05) is 0 Å². The number of nitro benzene ring substituents is 1. The molecule has 0 bridgehead atoms. The van der Waals surface area contributed by atoms with Crippen LogP contribution in [0.2, 0.25) is 0 Å². The predicted octanol–water partition coefficient (Wildman–Crippen LogP) is 1.22. The van der Waals surface area contributed by atoms with Crippen molar-refractivity contribution in [2.45, 2.75) is 13.0 Å². The molecule has 0 spiro atoms. The van der Waals surface area contributed by atoms with Crippen LogP contribution >= 0.6 is 0 Å². The Balaban J connectivity index is 2.95. The summed E-state index contributed by atoms with van der Waals surface area (Å²) in [5, 5.41) is 11.1. The first-order valence-electron chi connectivity index (χ1n) is 6.04. The molecule has 0 atom stereocenters. The minimum absolute atomic E-state index is 0.112. The van der Waals surface area contributed by atoms with Crippen molar-refractivity contribution in [3.05, 3.63) is 27.8 Å². The minimum Gasteiger partial charge on any atom is -0.493 e. The second kappa shape index (κ2) is 7.81. The first-order chi connectivity index (χ1) is 10.4. The zero-order chi connectivity index (χ0) is 16.7. The number of carbonyl (C=O) groups is 2. The number of hydrogen-bond donors (Lipinski definition) is 0. The Labute approximate surface area is 125 Å². The molecule has 0 aliphatic carbocycles. The van der Waals surface area contributed by atoms with E-state index in [-0.39, 0.29) is 29.4 Å². The topological polar surface area (TPSA) is 114 Å². The third kappa shape index (κ3) is 4.33.